The molecule has 2 aromatic heterocycles. The van der Waals surface area contributed by atoms with Crippen LogP contribution in [-0.4, -0.2) is 45.3 Å². The second-order valence-corrected chi connectivity index (χ2v) is 8.43. The third-order valence-electron chi connectivity index (χ3n) is 6.88. The lowest BCUT2D eigenvalue weighted by atomic mass is 9.89. The zero-order chi connectivity index (χ0) is 20.3. The second kappa shape index (κ2) is 6.54. The first-order chi connectivity index (χ1) is 14.7. The minimum atomic E-state index is -0.789. The lowest BCUT2D eigenvalue weighted by Gasteiger charge is -2.38. The summed E-state index contributed by atoms with van der Waals surface area (Å²) < 4.78 is 22.7. The molecular weight excluding hydrogens is 383 g/mol. The molecule has 0 bridgehead atoms. The van der Waals surface area contributed by atoms with Gasteiger partial charge in [-0.2, -0.15) is 5.10 Å². The average Bonchev–Trinajstić information content (AvgIpc) is 3.46. The summed E-state index contributed by atoms with van der Waals surface area (Å²) in [6, 6.07) is 14.6. The van der Waals surface area contributed by atoms with E-state index in [1.165, 1.54) is 6.07 Å². The molecule has 3 aliphatic rings. The number of hydrogen-bond acceptors (Lipinski definition) is 4. The maximum absolute atomic E-state index is 14.4. The van der Waals surface area contributed by atoms with Gasteiger partial charge in [-0.25, -0.2) is 8.91 Å². The molecule has 1 amide bonds. The van der Waals surface area contributed by atoms with Crippen molar-refractivity contribution in [2.45, 2.75) is 43.6 Å². The van der Waals surface area contributed by atoms with Gasteiger partial charge in [-0.3, -0.25) is 4.79 Å². The fraction of sp³-hybridized carbons (Fsp3) is 0.391. The van der Waals surface area contributed by atoms with E-state index in [0.29, 0.717) is 18.4 Å². The van der Waals surface area contributed by atoms with E-state index < -0.39 is 5.60 Å². The molecule has 0 unspecified atom stereocenters. The van der Waals surface area contributed by atoms with Gasteiger partial charge >= 0.3 is 0 Å². The quantitative estimate of drug-likeness (QED) is 0.653. The van der Waals surface area contributed by atoms with Crippen LogP contribution in [0.4, 0.5) is 10.2 Å². The summed E-state index contributed by atoms with van der Waals surface area (Å²) in [5.41, 5.74) is 0.856. The zero-order valence-electron chi connectivity index (χ0n) is 16.6. The molecule has 3 aliphatic heterocycles. The molecule has 154 valence electrons. The van der Waals surface area contributed by atoms with Gasteiger partial charge in [0.15, 0.2) is 5.60 Å². The van der Waals surface area contributed by atoms with Crippen molar-refractivity contribution < 1.29 is 13.9 Å². The molecule has 3 aromatic rings. The number of anilines is 1. The number of nitrogens with zero attached hydrogens (tertiary/aromatic N) is 4. The summed E-state index contributed by atoms with van der Waals surface area (Å²) in [5, 5.41) is 4.43. The monoisotopic (exact) mass is 406 g/mol. The number of piperidine rings is 1. The maximum atomic E-state index is 14.4. The molecule has 3 saturated heterocycles. The second-order valence-electron chi connectivity index (χ2n) is 8.43. The number of rotatable bonds is 2. The Kier molecular flexibility index (Phi) is 3.90. The highest BCUT2D eigenvalue weighted by Crippen LogP contribution is 2.48. The van der Waals surface area contributed by atoms with Crippen molar-refractivity contribution in [1.29, 1.82) is 0 Å². The number of carbonyl (C=O) groups excluding carboxylic acids is 1. The van der Waals surface area contributed by atoms with Crippen molar-refractivity contribution >= 4 is 17.2 Å². The van der Waals surface area contributed by atoms with Gasteiger partial charge in [-0.1, -0.05) is 24.3 Å². The average molecular weight is 406 g/mol. The molecule has 2 atom stereocenters. The minimum Gasteiger partial charge on any atom is -0.356 e. The van der Waals surface area contributed by atoms with E-state index in [-0.39, 0.29) is 24.0 Å². The number of amides is 1. The van der Waals surface area contributed by atoms with Crippen molar-refractivity contribution in [3.63, 3.8) is 0 Å². The molecule has 6 rings (SSSR count). The molecule has 5 heterocycles. The predicted octanol–water partition coefficient (Wildman–Crippen LogP) is 3.53. The fourth-order valence-electron chi connectivity index (χ4n) is 5.37. The van der Waals surface area contributed by atoms with Crippen LogP contribution >= 0.6 is 0 Å². The largest absolute Gasteiger partial charge is 0.356 e. The lowest BCUT2D eigenvalue weighted by Crippen LogP contribution is -2.50. The molecule has 0 N–H and O–H groups in total. The molecule has 6 nitrogen and oxygen atoms in total. The van der Waals surface area contributed by atoms with E-state index in [4.69, 9.17) is 4.74 Å². The van der Waals surface area contributed by atoms with Crippen LogP contribution < -0.4 is 4.90 Å². The Labute approximate surface area is 173 Å². The van der Waals surface area contributed by atoms with Gasteiger partial charge in [-0.15, -0.1) is 0 Å². The van der Waals surface area contributed by atoms with Gasteiger partial charge in [0.25, 0.3) is 5.91 Å². The van der Waals surface area contributed by atoms with Crippen LogP contribution in [0.2, 0.25) is 0 Å². The summed E-state index contributed by atoms with van der Waals surface area (Å²) in [6.45, 7) is 1.44. The minimum absolute atomic E-state index is 0.0233. The summed E-state index contributed by atoms with van der Waals surface area (Å²) in [4.78, 5) is 17.6. The summed E-state index contributed by atoms with van der Waals surface area (Å²) >= 11 is 0. The van der Waals surface area contributed by atoms with Crippen molar-refractivity contribution in [3.8, 4) is 0 Å². The van der Waals surface area contributed by atoms with Gasteiger partial charge < -0.3 is 14.5 Å². The number of hydrogen-bond donors (Lipinski definition) is 0. The van der Waals surface area contributed by atoms with Crippen molar-refractivity contribution in [2.75, 3.05) is 18.0 Å². The van der Waals surface area contributed by atoms with Gasteiger partial charge in [-0.05, 0) is 37.1 Å². The molecule has 0 aliphatic carbocycles. The molecule has 7 heteroatoms. The Bertz CT molecular complexity index is 1120. The molecule has 1 aromatic carbocycles. The number of halogens is 1. The topological polar surface area (TPSA) is 50.1 Å². The van der Waals surface area contributed by atoms with E-state index in [1.54, 1.807) is 18.3 Å². The number of ether oxygens (including phenoxy) is 1. The van der Waals surface area contributed by atoms with Crippen LogP contribution in [0.3, 0.4) is 0 Å². The van der Waals surface area contributed by atoms with Gasteiger partial charge in [0.2, 0.25) is 0 Å². The number of carbonyl (C=O) groups is 1. The maximum Gasteiger partial charge on any atom is 0.257 e. The van der Waals surface area contributed by atoms with E-state index in [0.717, 1.165) is 37.3 Å². The van der Waals surface area contributed by atoms with E-state index in [1.807, 2.05) is 33.7 Å². The number of benzene rings is 1. The summed E-state index contributed by atoms with van der Waals surface area (Å²) in [6.07, 6.45) is 4.29. The summed E-state index contributed by atoms with van der Waals surface area (Å²) in [7, 11) is 0. The lowest BCUT2D eigenvalue weighted by molar-refractivity contribution is -0.140. The molecule has 3 fully saturated rings. The van der Waals surface area contributed by atoms with E-state index in [2.05, 4.69) is 16.1 Å². The van der Waals surface area contributed by atoms with Crippen LogP contribution in [0.1, 0.15) is 37.3 Å². The number of aromatic nitrogens is 2. The molecule has 0 radical (unpaired) electrons. The Balaban J connectivity index is 1.24. The van der Waals surface area contributed by atoms with Crippen LogP contribution in [0.15, 0.2) is 54.7 Å². The fourth-order valence-corrected chi connectivity index (χ4v) is 5.37. The first-order valence-electron chi connectivity index (χ1n) is 10.6. The number of fused-ring (bicyclic) bond motifs is 2. The standard InChI is InChI=1S/C23H23FN4O2/c24-18-6-2-1-5-17(18)19-8-9-21-27(19)22(29)23(30-21)11-14-26(15-12-23)20-7-3-4-16-10-13-25-28(16)20/h1-7,10,13,19,21H,8-9,11-12,14-15H2/t19-,21+/m0/s1. The van der Waals surface area contributed by atoms with Crippen LogP contribution in [0.25, 0.3) is 5.52 Å². The van der Waals surface area contributed by atoms with Crippen molar-refractivity contribution in [1.82, 2.24) is 14.5 Å². The van der Waals surface area contributed by atoms with Gasteiger partial charge in [0.05, 0.1) is 17.8 Å². The Morgan fingerprint density at radius 3 is 2.70 bits per heavy atom. The number of pyridine rings is 1. The van der Waals surface area contributed by atoms with Gasteiger partial charge in [0, 0.05) is 31.5 Å². The third kappa shape index (κ3) is 2.51. The molecule has 1 spiro atoms. The highest BCUT2D eigenvalue weighted by Gasteiger charge is 2.58. The van der Waals surface area contributed by atoms with E-state index in [9.17, 15) is 9.18 Å². The first-order valence-corrected chi connectivity index (χ1v) is 10.6. The van der Waals surface area contributed by atoms with Crippen LogP contribution in [0.5, 0.6) is 0 Å². The first kappa shape index (κ1) is 17.9. The molecular formula is C23H23FN4O2. The summed E-state index contributed by atoms with van der Waals surface area (Å²) in [5.74, 6) is 0.803. The van der Waals surface area contributed by atoms with Crippen molar-refractivity contribution in [2.24, 2.45) is 0 Å². The highest BCUT2D eigenvalue weighted by molar-refractivity contribution is 5.88. The van der Waals surface area contributed by atoms with Crippen LogP contribution in [0, 0.1) is 5.82 Å². The normalized spacial score (nSPS) is 25.4. The smallest absolute Gasteiger partial charge is 0.257 e. The third-order valence-corrected chi connectivity index (χ3v) is 6.88. The van der Waals surface area contributed by atoms with Crippen LogP contribution in [-0.2, 0) is 9.53 Å². The van der Waals surface area contributed by atoms with Gasteiger partial charge in [0.1, 0.15) is 17.9 Å². The Morgan fingerprint density at radius 2 is 1.87 bits per heavy atom. The highest BCUT2D eigenvalue weighted by atomic mass is 19.1. The Hall–Kier alpha value is -2.93. The predicted molar refractivity (Wildman–Crippen MR) is 109 cm³/mol. The Morgan fingerprint density at radius 1 is 1.03 bits per heavy atom. The van der Waals surface area contributed by atoms with Crippen molar-refractivity contribution in [3.05, 3.63) is 66.1 Å². The zero-order valence-corrected chi connectivity index (χ0v) is 16.6. The molecule has 0 saturated carbocycles. The molecule has 30 heavy (non-hydrogen) atoms. The van der Waals surface area contributed by atoms with E-state index >= 15 is 0 Å². The SMILES string of the molecule is O=C1N2[C@@H](CC[C@H]2c2ccccc2F)OC12CCN(c1cccc3ccnn13)CC2.